The number of aryl methyl sites for hydroxylation is 1. The second-order valence-corrected chi connectivity index (χ2v) is 10.7. The Morgan fingerprint density at radius 1 is 0.425 bits per heavy atom. The Kier molecular flexibility index (Phi) is 5.18. The van der Waals surface area contributed by atoms with E-state index in [0.717, 1.165) is 0 Å². The van der Waals surface area contributed by atoms with Crippen LogP contribution in [-0.2, 0) is 0 Å². The summed E-state index contributed by atoms with van der Waals surface area (Å²) in [7, 11) is 0. The molecule has 188 valence electrons. The van der Waals surface area contributed by atoms with E-state index in [1.165, 1.54) is 67.2 Å². The average molecular weight is 510 g/mol. The molecule has 2 heterocycles. The van der Waals surface area contributed by atoms with Crippen molar-refractivity contribution in [3.05, 3.63) is 151 Å². The number of hydrogen-bond acceptors (Lipinski definition) is 2. The molecule has 0 radical (unpaired) electrons. The maximum absolute atomic E-state index is 2.46. The Labute approximate surface area is 235 Å². The molecule has 0 saturated heterocycles. The van der Waals surface area contributed by atoms with Gasteiger partial charge in [-0.05, 0) is 88.5 Å². The van der Waals surface area contributed by atoms with E-state index < -0.39 is 0 Å². The van der Waals surface area contributed by atoms with Crippen LogP contribution in [0.4, 0.5) is 34.1 Å². The fourth-order valence-corrected chi connectivity index (χ4v) is 6.61. The molecule has 0 saturated carbocycles. The highest BCUT2D eigenvalue weighted by Gasteiger charge is 2.43. The summed E-state index contributed by atoms with van der Waals surface area (Å²) >= 11 is 0. The van der Waals surface area contributed by atoms with Crippen LogP contribution in [0, 0.1) is 6.92 Å². The average Bonchev–Trinajstić information content (AvgIpc) is 3.02. The second kappa shape index (κ2) is 9.03. The van der Waals surface area contributed by atoms with Crippen LogP contribution in [0.15, 0.2) is 146 Å². The highest BCUT2D eigenvalue weighted by Crippen LogP contribution is 2.44. The van der Waals surface area contributed by atoms with E-state index in [1.54, 1.807) is 0 Å². The summed E-state index contributed by atoms with van der Waals surface area (Å²) in [5.74, 6) is 0. The van der Waals surface area contributed by atoms with Gasteiger partial charge in [-0.1, -0.05) is 97.1 Å². The molecule has 40 heavy (non-hydrogen) atoms. The Morgan fingerprint density at radius 3 is 1.57 bits per heavy atom. The summed E-state index contributed by atoms with van der Waals surface area (Å²) < 4.78 is 0. The Morgan fingerprint density at radius 2 is 0.950 bits per heavy atom. The molecule has 0 N–H and O–H groups in total. The zero-order chi connectivity index (χ0) is 26.6. The molecule has 0 unspecified atom stereocenters. The summed E-state index contributed by atoms with van der Waals surface area (Å²) in [6.07, 6.45) is 0. The Balaban J connectivity index is 1.47. The predicted molar refractivity (Wildman–Crippen MR) is 171 cm³/mol. The molecule has 2 aliphatic heterocycles. The minimum atomic E-state index is 0.125. The molecular weight excluding hydrogens is 483 g/mol. The molecular formula is C37H27BN2. The van der Waals surface area contributed by atoms with Crippen molar-refractivity contribution >= 4 is 57.2 Å². The van der Waals surface area contributed by atoms with Crippen molar-refractivity contribution < 1.29 is 0 Å². The van der Waals surface area contributed by atoms with Gasteiger partial charge < -0.3 is 9.80 Å². The van der Waals surface area contributed by atoms with Crippen molar-refractivity contribution in [2.75, 3.05) is 9.80 Å². The first kappa shape index (κ1) is 22.9. The quantitative estimate of drug-likeness (QED) is 0.224. The monoisotopic (exact) mass is 510 g/mol. The number of nitrogens with zero attached hydrogens (tertiary/aromatic N) is 2. The fraction of sp³-hybridized carbons (Fsp3) is 0.0270. The van der Waals surface area contributed by atoms with Crippen molar-refractivity contribution in [1.29, 1.82) is 0 Å². The van der Waals surface area contributed by atoms with E-state index in [-0.39, 0.29) is 6.71 Å². The van der Waals surface area contributed by atoms with Gasteiger partial charge in [0.15, 0.2) is 0 Å². The van der Waals surface area contributed by atoms with Crippen molar-refractivity contribution in [3.63, 3.8) is 0 Å². The summed E-state index contributed by atoms with van der Waals surface area (Å²) in [6, 6.07) is 53.0. The molecule has 0 atom stereocenters. The summed E-state index contributed by atoms with van der Waals surface area (Å²) in [6.45, 7) is 2.34. The molecule has 6 aromatic carbocycles. The molecule has 0 spiro atoms. The van der Waals surface area contributed by atoms with Crippen LogP contribution in [0.5, 0.6) is 0 Å². The third kappa shape index (κ3) is 3.44. The molecule has 0 bridgehead atoms. The smallest absolute Gasteiger partial charge is 0.252 e. The summed E-state index contributed by atoms with van der Waals surface area (Å²) in [5, 5.41) is 0. The molecule has 0 amide bonds. The molecule has 0 aliphatic carbocycles. The third-order valence-corrected chi connectivity index (χ3v) is 8.26. The van der Waals surface area contributed by atoms with E-state index >= 15 is 0 Å². The molecule has 2 nitrogen and oxygen atoms in total. The van der Waals surface area contributed by atoms with E-state index in [9.17, 15) is 0 Å². The maximum atomic E-state index is 2.46. The van der Waals surface area contributed by atoms with Crippen molar-refractivity contribution in [2.24, 2.45) is 0 Å². The first-order valence-corrected chi connectivity index (χ1v) is 13.9. The summed E-state index contributed by atoms with van der Waals surface area (Å²) in [5.41, 5.74) is 15.1. The van der Waals surface area contributed by atoms with Gasteiger partial charge in [0, 0.05) is 34.1 Å². The number of hydrogen-bond donors (Lipinski definition) is 0. The third-order valence-electron chi connectivity index (χ3n) is 8.26. The number of fused-ring (bicyclic) bond motifs is 4. The highest BCUT2D eigenvalue weighted by atomic mass is 15.2. The minimum absolute atomic E-state index is 0.125. The normalized spacial score (nSPS) is 13.0. The lowest BCUT2D eigenvalue weighted by Gasteiger charge is -2.44. The van der Waals surface area contributed by atoms with Crippen LogP contribution >= 0.6 is 0 Å². The number of rotatable bonds is 3. The molecule has 2 aliphatic rings. The topological polar surface area (TPSA) is 6.48 Å². The number of benzene rings is 6. The van der Waals surface area contributed by atoms with Gasteiger partial charge in [-0.3, -0.25) is 0 Å². The first-order chi connectivity index (χ1) is 19.8. The lowest BCUT2D eigenvalue weighted by molar-refractivity contribution is 1.24. The van der Waals surface area contributed by atoms with Gasteiger partial charge in [0.1, 0.15) is 0 Å². The molecule has 8 rings (SSSR count). The highest BCUT2D eigenvalue weighted by molar-refractivity contribution is 7.00. The van der Waals surface area contributed by atoms with Crippen LogP contribution in [0.2, 0.25) is 0 Å². The lowest BCUT2D eigenvalue weighted by Crippen LogP contribution is -2.61. The van der Waals surface area contributed by atoms with Gasteiger partial charge in [0.05, 0.1) is 0 Å². The maximum Gasteiger partial charge on any atom is 0.252 e. The molecule has 3 heteroatoms. The van der Waals surface area contributed by atoms with Gasteiger partial charge in [0.25, 0.3) is 6.71 Å². The van der Waals surface area contributed by atoms with Gasteiger partial charge in [-0.25, -0.2) is 0 Å². The Bertz CT molecular complexity index is 1850. The van der Waals surface area contributed by atoms with Gasteiger partial charge in [-0.15, -0.1) is 0 Å². The first-order valence-electron chi connectivity index (χ1n) is 13.9. The zero-order valence-electron chi connectivity index (χ0n) is 22.3. The molecule has 0 fully saturated rings. The van der Waals surface area contributed by atoms with Crippen LogP contribution in [0.1, 0.15) is 5.56 Å². The van der Waals surface area contributed by atoms with Gasteiger partial charge in [0.2, 0.25) is 0 Å². The Hall–Kier alpha value is -5.02. The lowest BCUT2D eigenvalue weighted by atomic mass is 9.33. The largest absolute Gasteiger partial charge is 0.311 e. The van der Waals surface area contributed by atoms with Crippen LogP contribution in [0.3, 0.4) is 0 Å². The molecule has 0 aromatic heterocycles. The standard InChI is InChI=1S/C37H27BN2/c1-26-23-35-37-36(24-26)40(30-17-9-4-10-18-30)34-22-21-28(27-13-5-2-6-14-27)25-32(34)38(37)31-19-11-12-20-33(31)39(35)29-15-7-3-8-16-29/h2-25H,1H3. The van der Waals surface area contributed by atoms with Crippen LogP contribution < -0.4 is 26.2 Å². The van der Waals surface area contributed by atoms with Crippen molar-refractivity contribution in [1.82, 2.24) is 0 Å². The van der Waals surface area contributed by atoms with Gasteiger partial charge in [-0.2, -0.15) is 0 Å². The van der Waals surface area contributed by atoms with Crippen LogP contribution in [0.25, 0.3) is 11.1 Å². The zero-order valence-corrected chi connectivity index (χ0v) is 22.3. The fourth-order valence-electron chi connectivity index (χ4n) is 6.61. The second-order valence-electron chi connectivity index (χ2n) is 10.7. The predicted octanol–water partition coefficient (Wildman–Crippen LogP) is 7.74. The number of para-hydroxylation sites is 3. The molecule has 6 aromatic rings. The number of anilines is 6. The minimum Gasteiger partial charge on any atom is -0.311 e. The van der Waals surface area contributed by atoms with E-state index in [2.05, 4.69) is 162 Å². The summed E-state index contributed by atoms with van der Waals surface area (Å²) in [4.78, 5) is 4.91. The van der Waals surface area contributed by atoms with Gasteiger partial charge >= 0.3 is 0 Å². The SMILES string of the molecule is Cc1cc2c3c(c1)N(c1ccccc1)c1ccc(-c4ccccc4)cc1B3c1ccccc1N2c1ccccc1. The van der Waals surface area contributed by atoms with E-state index in [0.29, 0.717) is 0 Å². The van der Waals surface area contributed by atoms with Crippen molar-refractivity contribution in [3.8, 4) is 11.1 Å². The van der Waals surface area contributed by atoms with E-state index in [4.69, 9.17) is 0 Å². The van der Waals surface area contributed by atoms with Crippen molar-refractivity contribution in [2.45, 2.75) is 6.92 Å². The van der Waals surface area contributed by atoms with E-state index in [1.807, 2.05) is 0 Å². The van der Waals surface area contributed by atoms with Crippen LogP contribution in [-0.4, -0.2) is 6.71 Å².